The van der Waals surface area contributed by atoms with Crippen molar-refractivity contribution in [2.45, 2.75) is 0 Å². The molecule has 0 saturated carbocycles. The van der Waals surface area contributed by atoms with Crippen molar-refractivity contribution in [1.29, 1.82) is 0 Å². The summed E-state index contributed by atoms with van der Waals surface area (Å²) in [7, 11) is 0. The van der Waals surface area contributed by atoms with Gasteiger partial charge in [-0.3, -0.25) is 9.59 Å². The van der Waals surface area contributed by atoms with E-state index in [1.54, 1.807) is 48.5 Å². The highest BCUT2D eigenvalue weighted by atomic mass is 16.5. The van der Waals surface area contributed by atoms with E-state index in [-0.39, 0.29) is 12.5 Å². The van der Waals surface area contributed by atoms with Gasteiger partial charge in [0.2, 0.25) is 0 Å². The van der Waals surface area contributed by atoms with Crippen LogP contribution in [0.2, 0.25) is 0 Å². The third-order valence-electron chi connectivity index (χ3n) is 2.67. The van der Waals surface area contributed by atoms with Gasteiger partial charge in [-0.2, -0.15) is 0 Å². The number of anilines is 2. The number of carbonyl (C=O) groups excluding carboxylic acids is 2. The van der Waals surface area contributed by atoms with Crippen molar-refractivity contribution in [3.8, 4) is 5.75 Å². The van der Waals surface area contributed by atoms with Gasteiger partial charge in [-0.1, -0.05) is 0 Å². The first kappa shape index (κ1) is 14.4. The maximum absolute atomic E-state index is 12.0. The molecule has 0 unspecified atom stereocenters. The van der Waals surface area contributed by atoms with Gasteiger partial charge in [0.05, 0.1) is 0 Å². The van der Waals surface area contributed by atoms with Crippen LogP contribution in [-0.4, -0.2) is 18.4 Å². The predicted octanol–water partition coefficient (Wildman–Crippen LogP) is 1.39. The molecule has 0 saturated heterocycles. The molecule has 6 nitrogen and oxygen atoms in total. The summed E-state index contributed by atoms with van der Waals surface area (Å²) in [6, 6.07) is 13.2. The Kier molecular flexibility index (Phi) is 4.40. The molecule has 0 spiro atoms. The second kappa shape index (κ2) is 6.42. The van der Waals surface area contributed by atoms with Crippen molar-refractivity contribution < 1.29 is 14.3 Å². The fourth-order valence-electron chi connectivity index (χ4n) is 1.63. The number of carbonyl (C=O) groups is 2. The number of benzene rings is 2. The van der Waals surface area contributed by atoms with Crippen molar-refractivity contribution in [1.82, 2.24) is 0 Å². The Labute approximate surface area is 121 Å². The molecule has 6 heteroatoms. The third kappa shape index (κ3) is 4.24. The highest BCUT2D eigenvalue weighted by Crippen LogP contribution is 2.16. The summed E-state index contributed by atoms with van der Waals surface area (Å²) in [4.78, 5) is 22.6. The van der Waals surface area contributed by atoms with Gasteiger partial charge in [-0.15, -0.1) is 0 Å². The molecule has 108 valence electrons. The molecule has 21 heavy (non-hydrogen) atoms. The molecule has 2 aromatic carbocycles. The van der Waals surface area contributed by atoms with Gasteiger partial charge in [0, 0.05) is 16.9 Å². The molecule has 0 fully saturated rings. The number of nitrogen functional groups attached to an aromatic ring is 1. The van der Waals surface area contributed by atoms with Gasteiger partial charge in [-0.25, -0.2) is 0 Å². The quantitative estimate of drug-likeness (QED) is 0.721. The second-order valence-electron chi connectivity index (χ2n) is 4.36. The second-order valence-corrected chi connectivity index (χ2v) is 4.36. The van der Waals surface area contributed by atoms with Gasteiger partial charge >= 0.3 is 0 Å². The summed E-state index contributed by atoms with van der Waals surface area (Å²) in [6.07, 6.45) is 0. The largest absolute Gasteiger partial charge is 0.484 e. The van der Waals surface area contributed by atoms with Crippen LogP contribution < -0.4 is 21.5 Å². The van der Waals surface area contributed by atoms with Crippen molar-refractivity contribution in [3.05, 3.63) is 54.1 Å². The van der Waals surface area contributed by atoms with Gasteiger partial charge in [0.1, 0.15) is 5.75 Å². The number of ether oxygens (including phenoxy) is 1. The maximum Gasteiger partial charge on any atom is 0.255 e. The molecule has 0 bridgehead atoms. The Bertz CT molecular complexity index is 636. The number of nitrogens with one attached hydrogen (secondary N) is 1. The van der Waals surface area contributed by atoms with E-state index in [4.69, 9.17) is 16.2 Å². The van der Waals surface area contributed by atoms with E-state index in [1.165, 1.54) is 0 Å². The minimum atomic E-state index is -0.546. The summed E-state index contributed by atoms with van der Waals surface area (Å²) in [5.41, 5.74) is 12.3. The summed E-state index contributed by atoms with van der Waals surface area (Å²) in [5, 5.41) is 2.74. The molecule has 2 amide bonds. The molecule has 5 N–H and O–H groups in total. The lowest BCUT2D eigenvalue weighted by Crippen LogP contribution is -2.20. The normalized spacial score (nSPS) is 9.90. The molecule has 0 aliphatic rings. The van der Waals surface area contributed by atoms with Crippen molar-refractivity contribution in [2.24, 2.45) is 5.73 Å². The van der Waals surface area contributed by atoms with Crippen LogP contribution in [-0.2, 0) is 4.79 Å². The molecular formula is C15H15N3O3. The minimum Gasteiger partial charge on any atom is -0.484 e. The van der Waals surface area contributed by atoms with E-state index in [1.807, 2.05) is 0 Å². The third-order valence-corrected chi connectivity index (χ3v) is 2.67. The Hall–Kier alpha value is -3.02. The lowest BCUT2D eigenvalue weighted by molar-refractivity contribution is -0.119. The van der Waals surface area contributed by atoms with Gasteiger partial charge < -0.3 is 21.5 Å². The van der Waals surface area contributed by atoms with Crippen molar-refractivity contribution in [3.63, 3.8) is 0 Å². The van der Waals surface area contributed by atoms with Crippen LogP contribution >= 0.6 is 0 Å². The van der Waals surface area contributed by atoms with E-state index in [9.17, 15) is 9.59 Å². The van der Waals surface area contributed by atoms with Gasteiger partial charge in [0.15, 0.2) is 6.61 Å². The number of amides is 2. The predicted molar refractivity (Wildman–Crippen MR) is 79.9 cm³/mol. The molecule has 2 aromatic rings. The fourth-order valence-corrected chi connectivity index (χ4v) is 1.63. The van der Waals surface area contributed by atoms with Crippen LogP contribution in [0.5, 0.6) is 5.75 Å². The fraction of sp³-hybridized carbons (Fsp3) is 0.0667. The minimum absolute atomic E-state index is 0.183. The molecule has 0 aliphatic heterocycles. The van der Waals surface area contributed by atoms with Crippen LogP contribution in [0.15, 0.2) is 48.5 Å². The van der Waals surface area contributed by atoms with Crippen LogP contribution in [0.25, 0.3) is 0 Å². The van der Waals surface area contributed by atoms with E-state index >= 15 is 0 Å². The molecule has 0 radical (unpaired) electrons. The molecule has 0 atom stereocenters. The SMILES string of the molecule is NC(=O)COc1ccc(NC(=O)c2ccc(N)cc2)cc1. The first-order valence-corrected chi connectivity index (χ1v) is 6.22. The highest BCUT2D eigenvalue weighted by Gasteiger charge is 2.06. The zero-order valence-electron chi connectivity index (χ0n) is 11.2. The van der Waals surface area contributed by atoms with E-state index < -0.39 is 5.91 Å². The summed E-state index contributed by atoms with van der Waals surface area (Å²) >= 11 is 0. The molecule has 0 aliphatic carbocycles. The van der Waals surface area contributed by atoms with E-state index in [0.29, 0.717) is 22.7 Å². The highest BCUT2D eigenvalue weighted by molar-refractivity contribution is 6.04. The number of hydrogen-bond acceptors (Lipinski definition) is 4. The van der Waals surface area contributed by atoms with Crippen LogP contribution in [0.4, 0.5) is 11.4 Å². The summed E-state index contributed by atoms with van der Waals surface area (Å²) < 4.78 is 5.12. The average Bonchev–Trinajstić information content (AvgIpc) is 2.47. The Morgan fingerprint density at radius 2 is 1.62 bits per heavy atom. The Morgan fingerprint density at radius 1 is 1.00 bits per heavy atom. The van der Waals surface area contributed by atoms with Gasteiger partial charge in [-0.05, 0) is 48.5 Å². The lowest BCUT2D eigenvalue weighted by atomic mass is 10.2. The summed E-state index contributed by atoms with van der Waals surface area (Å²) in [6.45, 7) is -0.183. The van der Waals surface area contributed by atoms with Crippen LogP contribution in [0.1, 0.15) is 10.4 Å². The first-order chi connectivity index (χ1) is 10.0. The lowest BCUT2D eigenvalue weighted by Gasteiger charge is -2.07. The standard InChI is InChI=1S/C15H15N3O3/c16-11-3-1-10(2-4-11)15(20)18-12-5-7-13(8-6-12)21-9-14(17)19/h1-8H,9,16H2,(H2,17,19)(H,18,20). The summed E-state index contributed by atoms with van der Waals surface area (Å²) in [5.74, 6) is -0.282. The Morgan fingerprint density at radius 3 is 2.19 bits per heavy atom. The molecular weight excluding hydrogens is 270 g/mol. The first-order valence-electron chi connectivity index (χ1n) is 6.22. The molecule has 0 heterocycles. The smallest absolute Gasteiger partial charge is 0.255 e. The Balaban J connectivity index is 1.98. The average molecular weight is 285 g/mol. The van der Waals surface area contributed by atoms with Crippen LogP contribution in [0.3, 0.4) is 0 Å². The number of primary amides is 1. The zero-order valence-corrected chi connectivity index (χ0v) is 11.2. The number of nitrogens with two attached hydrogens (primary N) is 2. The van der Waals surface area contributed by atoms with Crippen LogP contribution in [0, 0.1) is 0 Å². The van der Waals surface area contributed by atoms with E-state index in [2.05, 4.69) is 5.32 Å². The number of rotatable bonds is 5. The number of hydrogen-bond donors (Lipinski definition) is 3. The van der Waals surface area contributed by atoms with Crippen molar-refractivity contribution >= 4 is 23.2 Å². The van der Waals surface area contributed by atoms with E-state index in [0.717, 1.165) is 0 Å². The monoisotopic (exact) mass is 285 g/mol. The van der Waals surface area contributed by atoms with Gasteiger partial charge in [0.25, 0.3) is 11.8 Å². The molecule has 0 aromatic heterocycles. The topological polar surface area (TPSA) is 107 Å². The van der Waals surface area contributed by atoms with Crippen molar-refractivity contribution in [2.75, 3.05) is 17.7 Å². The molecule has 2 rings (SSSR count). The zero-order chi connectivity index (χ0) is 15.2. The maximum atomic E-state index is 12.0.